The van der Waals surface area contributed by atoms with Crippen LogP contribution in [0, 0.1) is 0 Å². The number of hydrogen-bond acceptors (Lipinski definition) is 2. The van der Waals surface area contributed by atoms with Crippen molar-refractivity contribution in [2.75, 3.05) is 12.5 Å². The van der Waals surface area contributed by atoms with Crippen molar-refractivity contribution in [3.8, 4) is 5.75 Å². The van der Waals surface area contributed by atoms with E-state index in [1.54, 1.807) is 6.07 Å². The van der Waals surface area contributed by atoms with E-state index in [1.807, 2.05) is 18.2 Å². The van der Waals surface area contributed by atoms with Crippen LogP contribution in [0.25, 0.3) is 10.9 Å². The summed E-state index contributed by atoms with van der Waals surface area (Å²) in [4.78, 5) is 14.0. The van der Waals surface area contributed by atoms with Crippen molar-refractivity contribution >= 4 is 22.5 Å². The first-order chi connectivity index (χ1) is 8.29. The van der Waals surface area contributed by atoms with Crippen molar-refractivity contribution in [3.05, 3.63) is 40.7 Å². The summed E-state index contributed by atoms with van der Waals surface area (Å²) in [5.41, 5.74) is 0.698. The highest BCUT2D eigenvalue weighted by Crippen LogP contribution is 2.18. The standard InChI is InChI=1S/C13H14ClNO2/c14-7-1-2-8-17-11-5-3-10-4-6-13(16)15-12(10)9-11/h3-6,9H,1-2,7-8H2,(H,15,16). The molecule has 90 valence electrons. The minimum atomic E-state index is -0.100. The SMILES string of the molecule is O=c1ccc2ccc(OCCCCCl)cc2[nH]1. The molecule has 2 aromatic rings. The van der Waals surface area contributed by atoms with Crippen LogP contribution < -0.4 is 10.3 Å². The van der Waals surface area contributed by atoms with E-state index in [4.69, 9.17) is 16.3 Å². The molecule has 0 fully saturated rings. The van der Waals surface area contributed by atoms with Gasteiger partial charge in [0.1, 0.15) is 5.75 Å². The Kier molecular flexibility index (Phi) is 4.04. The molecule has 0 bridgehead atoms. The lowest BCUT2D eigenvalue weighted by Crippen LogP contribution is -2.03. The highest BCUT2D eigenvalue weighted by atomic mass is 35.5. The lowest BCUT2D eigenvalue weighted by molar-refractivity contribution is 0.310. The lowest BCUT2D eigenvalue weighted by Gasteiger charge is -2.06. The van der Waals surface area contributed by atoms with E-state index >= 15 is 0 Å². The molecule has 0 radical (unpaired) electrons. The monoisotopic (exact) mass is 251 g/mol. The van der Waals surface area contributed by atoms with Crippen LogP contribution in [-0.4, -0.2) is 17.5 Å². The van der Waals surface area contributed by atoms with Crippen LogP contribution in [0.1, 0.15) is 12.8 Å². The molecular formula is C13H14ClNO2. The second kappa shape index (κ2) is 5.73. The largest absolute Gasteiger partial charge is 0.494 e. The van der Waals surface area contributed by atoms with Gasteiger partial charge >= 0.3 is 0 Å². The molecular weight excluding hydrogens is 238 g/mol. The molecule has 4 heteroatoms. The van der Waals surface area contributed by atoms with Crippen LogP contribution in [0.2, 0.25) is 0 Å². The number of aromatic amines is 1. The van der Waals surface area contributed by atoms with Crippen LogP contribution >= 0.6 is 11.6 Å². The number of rotatable bonds is 5. The number of nitrogens with one attached hydrogen (secondary N) is 1. The van der Waals surface area contributed by atoms with E-state index in [0.717, 1.165) is 29.5 Å². The predicted molar refractivity (Wildman–Crippen MR) is 70.0 cm³/mol. The minimum Gasteiger partial charge on any atom is -0.494 e. The molecule has 1 N–H and O–H groups in total. The molecule has 0 aliphatic heterocycles. The van der Waals surface area contributed by atoms with Gasteiger partial charge in [-0.1, -0.05) is 0 Å². The number of unbranched alkanes of at least 4 members (excludes halogenated alkanes) is 1. The Bertz CT molecular complexity index is 550. The Morgan fingerprint density at radius 3 is 2.82 bits per heavy atom. The average molecular weight is 252 g/mol. The van der Waals surface area contributed by atoms with Crippen LogP contribution in [0.3, 0.4) is 0 Å². The molecule has 1 heterocycles. The summed E-state index contributed by atoms with van der Waals surface area (Å²) in [6, 6.07) is 9.00. The fourth-order valence-corrected chi connectivity index (χ4v) is 1.79. The first kappa shape index (κ1) is 12.0. The zero-order chi connectivity index (χ0) is 12.1. The first-order valence-corrected chi connectivity index (χ1v) is 6.15. The molecule has 0 spiro atoms. The minimum absolute atomic E-state index is 0.100. The second-order valence-corrected chi connectivity index (χ2v) is 4.19. The van der Waals surface area contributed by atoms with Gasteiger partial charge < -0.3 is 9.72 Å². The van der Waals surface area contributed by atoms with Gasteiger partial charge in [0.05, 0.1) is 12.1 Å². The number of aromatic nitrogens is 1. The number of ether oxygens (including phenoxy) is 1. The van der Waals surface area contributed by atoms with Crippen molar-refractivity contribution in [2.24, 2.45) is 0 Å². The third kappa shape index (κ3) is 3.24. The molecule has 0 aliphatic rings. The van der Waals surface area contributed by atoms with Gasteiger partial charge in [-0.2, -0.15) is 0 Å². The topological polar surface area (TPSA) is 42.1 Å². The van der Waals surface area contributed by atoms with Gasteiger partial charge in [-0.25, -0.2) is 0 Å². The molecule has 17 heavy (non-hydrogen) atoms. The molecule has 0 amide bonds. The number of benzene rings is 1. The van der Waals surface area contributed by atoms with Crippen molar-refractivity contribution < 1.29 is 4.74 Å². The zero-order valence-corrected chi connectivity index (χ0v) is 10.2. The normalized spacial score (nSPS) is 10.6. The number of halogens is 1. The highest BCUT2D eigenvalue weighted by molar-refractivity contribution is 6.17. The highest BCUT2D eigenvalue weighted by Gasteiger charge is 1.98. The van der Waals surface area contributed by atoms with Gasteiger partial charge in [-0.15, -0.1) is 11.6 Å². The molecule has 3 nitrogen and oxygen atoms in total. The molecule has 2 rings (SSSR count). The van der Waals surface area contributed by atoms with Gasteiger partial charge in [0.25, 0.3) is 0 Å². The van der Waals surface area contributed by atoms with E-state index in [-0.39, 0.29) is 5.56 Å². The zero-order valence-electron chi connectivity index (χ0n) is 9.41. The first-order valence-electron chi connectivity index (χ1n) is 5.61. The molecule has 0 saturated carbocycles. The molecule has 0 unspecified atom stereocenters. The Hall–Kier alpha value is -1.48. The van der Waals surface area contributed by atoms with E-state index in [9.17, 15) is 4.79 Å². The van der Waals surface area contributed by atoms with E-state index in [0.29, 0.717) is 12.5 Å². The third-order valence-electron chi connectivity index (χ3n) is 2.49. The maximum atomic E-state index is 11.2. The van der Waals surface area contributed by atoms with E-state index in [2.05, 4.69) is 4.98 Å². The summed E-state index contributed by atoms with van der Waals surface area (Å²) in [7, 11) is 0. The van der Waals surface area contributed by atoms with Gasteiger partial charge in [0.2, 0.25) is 5.56 Å². The summed E-state index contributed by atoms with van der Waals surface area (Å²) in [6.07, 6.45) is 1.89. The van der Waals surface area contributed by atoms with Gasteiger partial charge in [0.15, 0.2) is 0 Å². The molecule has 0 atom stereocenters. The van der Waals surface area contributed by atoms with Crippen molar-refractivity contribution in [1.29, 1.82) is 0 Å². The number of fused-ring (bicyclic) bond motifs is 1. The number of pyridine rings is 1. The molecule has 0 saturated heterocycles. The molecule has 1 aromatic heterocycles. The van der Waals surface area contributed by atoms with Crippen molar-refractivity contribution in [3.63, 3.8) is 0 Å². The van der Waals surface area contributed by atoms with E-state index in [1.165, 1.54) is 6.07 Å². The van der Waals surface area contributed by atoms with Crippen LogP contribution in [0.15, 0.2) is 35.1 Å². The average Bonchev–Trinajstić information content (AvgIpc) is 2.34. The molecule has 1 aromatic carbocycles. The molecule has 0 aliphatic carbocycles. The van der Waals surface area contributed by atoms with Gasteiger partial charge in [-0.05, 0) is 36.4 Å². The smallest absolute Gasteiger partial charge is 0.248 e. The van der Waals surface area contributed by atoms with Crippen LogP contribution in [0.4, 0.5) is 0 Å². The Labute approximate surface area is 104 Å². The summed E-state index contributed by atoms with van der Waals surface area (Å²) in [6.45, 7) is 0.648. The van der Waals surface area contributed by atoms with Crippen molar-refractivity contribution in [1.82, 2.24) is 4.98 Å². The lowest BCUT2D eigenvalue weighted by atomic mass is 10.2. The maximum absolute atomic E-state index is 11.2. The van der Waals surface area contributed by atoms with Crippen molar-refractivity contribution in [2.45, 2.75) is 12.8 Å². The Morgan fingerprint density at radius 2 is 2.00 bits per heavy atom. The fraction of sp³-hybridized carbons (Fsp3) is 0.308. The summed E-state index contributed by atoms with van der Waals surface area (Å²) >= 11 is 5.58. The quantitative estimate of drug-likeness (QED) is 0.656. The summed E-state index contributed by atoms with van der Waals surface area (Å²) < 4.78 is 5.58. The Balaban J connectivity index is 2.11. The fourth-order valence-electron chi connectivity index (χ4n) is 1.61. The van der Waals surface area contributed by atoms with Crippen LogP contribution in [-0.2, 0) is 0 Å². The third-order valence-corrected chi connectivity index (χ3v) is 2.76. The van der Waals surface area contributed by atoms with Gasteiger partial charge in [0, 0.05) is 18.0 Å². The van der Waals surface area contributed by atoms with Gasteiger partial charge in [-0.3, -0.25) is 4.79 Å². The summed E-state index contributed by atoms with van der Waals surface area (Å²) in [5.74, 6) is 1.43. The number of alkyl halides is 1. The predicted octanol–water partition coefficient (Wildman–Crippen LogP) is 2.93. The maximum Gasteiger partial charge on any atom is 0.248 e. The Morgan fingerprint density at radius 1 is 1.18 bits per heavy atom. The number of H-pyrrole nitrogens is 1. The number of hydrogen-bond donors (Lipinski definition) is 1. The summed E-state index contributed by atoms with van der Waals surface area (Å²) in [5, 5.41) is 0.998. The second-order valence-electron chi connectivity index (χ2n) is 3.82. The van der Waals surface area contributed by atoms with Crippen LogP contribution in [0.5, 0.6) is 5.75 Å². The van der Waals surface area contributed by atoms with E-state index < -0.39 is 0 Å².